The van der Waals surface area contributed by atoms with Crippen molar-refractivity contribution >= 4 is 46.5 Å². The van der Waals surface area contributed by atoms with E-state index < -0.39 is 15.9 Å². The molecule has 126 valence electrons. The summed E-state index contributed by atoms with van der Waals surface area (Å²) < 4.78 is -1.85. The first-order chi connectivity index (χ1) is 11.3. The summed E-state index contributed by atoms with van der Waals surface area (Å²) in [4.78, 5) is 16.5. The maximum atomic E-state index is 12.3. The van der Waals surface area contributed by atoms with E-state index in [1.165, 1.54) is 0 Å². The van der Waals surface area contributed by atoms with Gasteiger partial charge >= 0.3 is 0 Å². The maximum Gasteiger partial charge on any atom is 0.253 e. The van der Waals surface area contributed by atoms with E-state index in [-0.39, 0.29) is 5.84 Å². The molecule has 0 saturated heterocycles. The van der Waals surface area contributed by atoms with E-state index >= 15 is 0 Å². The standard InChI is InChI=1S/C17H16Cl3N3O/c1-11-7-9-13(10-8-11)15(24)23-16(17(18,19)20)22-14(21)12-5-3-2-4-6-12/h2-10,16H,1H3,(H2,21,22)(H,23,24)/t16-/m0/s1. The van der Waals surface area contributed by atoms with Gasteiger partial charge in [0.25, 0.3) is 5.91 Å². The van der Waals surface area contributed by atoms with Crippen LogP contribution in [0.3, 0.4) is 0 Å². The number of benzene rings is 2. The van der Waals surface area contributed by atoms with E-state index in [2.05, 4.69) is 10.3 Å². The van der Waals surface area contributed by atoms with Gasteiger partial charge in [-0.15, -0.1) is 0 Å². The summed E-state index contributed by atoms with van der Waals surface area (Å²) in [7, 11) is 0. The predicted molar refractivity (Wildman–Crippen MR) is 99.9 cm³/mol. The van der Waals surface area contributed by atoms with Gasteiger partial charge in [-0.3, -0.25) is 4.79 Å². The van der Waals surface area contributed by atoms with Gasteiger partial charge in [0.15, 0.2) is 6.17 Å². The van der Waals surface area contributed by atoms with E-state index in [1.807, 2.05) is 37.3 Å². The molecular formula is C17H16Cl3N3O. The summed E-state index contributed by atoms with van der Waals surface area (Å²) in [5.74, 6) is -0.243. The summed E-state index contributed by atoms with van der Waals surface area (Å²) in [6.45, 7) is 1.93. The third kappa shape index (κ3) is 5.13. The fourth-order valence-electron chi connectivity index (χ4n) is 1.92. The van der Waals surface area contributed by atoms with Crippen molar-refractivity contribution in [2.24, 2.45) is 10.7 Å². The van der Waals surface area contributed by atoms with E-state index in [1.54, 1.807) is 24.3 Å². The van der Waals surface area contributed by atoms with Gasteiger partial charge in [0, 0.05) is 11.1 Å². The third-order valence-electron chi connectivity index (χ3n) is 3.23. The van der Waals surface area contributed by atoms with Crippen LogP contribution in [0.25, 0.3) is 0 Å². The average molecular weight is 385 g/mol. The molecule has 3 N–H and O–H groups in total. The number of halogens is 3. The van der Waals surface area contributed by atoms with Crippen LogP contribution < -0.4 is 11.1 Å². The molecule has 2 rings (SSSR count). The zero-order valence-electron chi connectivity index (χ0n) is 12.8. The minimum atomic E-state index is -1.85. The second-order valence-electron chi connectivity index (χ2n) is 5.16. The molecule has 0 saturated carbocycles. The van der Waals surface area contributed by atoms with Crippen molar-refractivity contribution in [2.45, 2.75) is 16.9 Å². The SMILES string of the molecule is Cc1ccc(C(=O)N[C@H](N=C(N)c2ccccc2)C(Cl)(Cl)Cl)cc1. The van der Waals surface area contributed by atoms with Gasteiger partial charge in [-0.05, 0) is 19.1 Å². The number of rotatable bonds is 4. The lowest BCUT2D eigenvalue weighted by molar-refractivity contribution is 0.0939. The van der Waals surface area contributed by atoms with E-state index in [9.17, 15) is 4.79 Å². The zero-order valence-corrected chi connectivity index (χ0v) is 15.1. The van der Waals surface area contributed by atoms with Gasteiger partial charge in [-0.25, -0.2) is 4.99 Å². The fourth-order valence-corrected chi connectivity index (χ4v) is 2.23. The number of hydrogen-bond donors (Lipinski definition) is 2. The van der Waals surface area contributed by atoms with Gasteiger partial charge < -0.3 is 11.1 Å². The van der Waals surface area contributed by atoms with Crippen LogP contribution in [-0.2, 0) is 0 Å². The molecule has 4 nitrogen and oxygen atoms in total. The quantitative estimate of drug-likeness (QED) is 0.478. The second kappa shape index (κ2) is 7.88. The number of nitrogens with one attached hydrogen (secondary N) is 1. The van der Waals surface area contributed by atoms with Crippen LogP contribution in [0.2, 0.25) is 0 Å². The number of carbonyl (C=O) groups is 1. The molecule has 0 radical (unpaired) electrons. The Labute approximate surface area is 155 Å². The molecule has 0 aliphatic heterocycles. The first-order valence-corrected chi connectivity index (χ1v) is 8.23. The fraction of sp³-hybridized carbons (Fsp3) is 0.176. The molecule has 0 aliphatic carbocycles. The second-order valence-corrected chi connectivity index (χ2v) is 7.53. The zero-order chi connectivity index (χ0) is 17.7. The number of carbonyl (C=O) groups excluding carboxylic acids is 1. The number of amides is 1. The van der Waals surface area contributed by atoms with Crippen molar-refractivity contribution in [1.82, 2.24) is 5.32 Å². The van der Waals surface area contributed by atoms with Crippen molar-refractivity contribution in [1.29, 1.82) is 0 Å². The van der Waals surface area contributed by atoms with Gasteiger partial charge in [0.1, 0.15) is 5.84 Å². The molecule has 0 unspecified atom stereocenters. The molecule has 2 aromatic rings. The van der Waals surface area contributed by atoms with Gasteiger partial charge in [0.2, 0.25) is 3.79 Å². The van der Waals surface area contributed by atoms with Crippen molar-refractivity contribution in [3.8, 4) is 0 Å². The normalized spacial score (nSPS) is 13.4. The Morgan fingerprint density at radius 1 is 1.04 bits per heavy atom. The van der Waals surface area contributed by atoms with Crippen molar-refractivity contribution in [3.05, 3.63) is 71.3 Å². The number of nitrogens with zero attached hydrogens (tertiary/aromatic N) is 1. The molecule has 0 fully saturated rings. The monoisotopic (exact) mass is 383 g/mol. The van der Waals surface area contributed by atoms with Crippen LogP contribution in [-0.4, -0.2) is 21.7 Å². The lowest BCUT2D eigenvalue weighted by Gasteiger charge is -2.22. The number of amidine groups is 1. The molecule has 0 bridgehead atoms. The molecular weight excluding hydrogens is 369 g/mol. The molecule has 0 spiro atoms. The molecule has 1 atom stereocenters. The van der Waals surface area contributed by atoms with E-state index in [0.717, 1.165) is 5.56 Å². The van der Waals surface area contributed by atoms with Crippen LogP contribution in [0.4, 0.5) is 0 Å². The number of aliphatic imine (C=N–C) groups is 1. The lowest BCUT2D eigenvalue weighted by atomic mass is 10.1. The molecule has 24 heavy (non-hydrogen) atoms. The van der Waals surface area contributed by atoms with Crippen molar-refractivity contribution < 1.29 is 4.79 Å². The first kappa shape index (κ1) is 18.6. The lowest BCUT2D eigenvalue weighted by Crippen LogP contribution is -2.43. The van der Waals surface area contributed by atoms with Crippen molar-refractivity contribution in [2.75, 3.05) is 0 Å². The predicted octanol–water partition coefficient (Wildman–Crippen LogP) is 3.83. The smallest absolute Gasteiger partial charge is 0.253 e. The molecule has 0 aliphatic rings. The Morgan fingerprint density at radius 3 is 2.17 bits per heavy atom. The minimum Gasteiger partial charge on any atom is -0.383 e. The Hall–Kier alpha value is -1.75. The number of hydrogen-bond acceptors (Lipinski definition) is 2. The van der Waals surface area contributed by atoms with Crippen LogP contribution >= 0.6 is 34.8 Å². The molecule has 0 heterocycles. The summed E-state index contributed by atoms with van der Waals surface area (Å²) in [6.07, 6.45) is -1.13. The highest BCUT2D eigenvalue weighted by molar-refractivity contribution is 6.68. The summed E-state index contributed by atoms with van der Waals surface area (Å²) in [6, 6.07) is 16.0. The Bertz CT molecular complexity index is 725. The first-order valence-electron chi connectivity index (χ1n) is 7.10. The van der Waals surface area contributed by atoms with Gasteiger partial charge in [-0.1, -0.05) is 82.8 Å². The highest BCUT2D eigenvalue weighted by Gasteiger charge is 2.34. The molecule has 1 amide bonds. The Kier molecular flexibility index (Phi) is 6.10. The van der Waals surface area contributed by atoms with Crippen molar-refractivity contribution in [3.63, 3.8) is 0 Å². The molecule has 2 aromatic carbocycles. The highest BCUT2D eigenvalue weighted by Crippen LogP contribution is 2.31. The number of nitrogens with two attached hydrogens (primary N) is 1. The highest BCUT2D eigenvalue weighted by atomic mass is 35.6. The van der Waals surface area contributed by atoms with Gasteiger partial charge in [-0.2, -0.15) is 0 Å². The summed E-state index contributed by atoms with van der Waals surface area (Å²) in [5, 5.41) is 2.59. The van der Waals surface area contributed by atoms with Crippen LogP contribution in [0.15, 0.2) is 59.6 Å². The third-order valence-corrected chi connectivity index (χ3v) is 3.85. The van der Waals surface area contributed by atoms with Crippen LogP contribution in [0.5, 0.6) is 0 Å². The Morgan fingerprint density at radius 2 is 1.62 bits per heavy atom. The topological polar surface area (TPSA) is 67.5 Å². The van der Waals surface area contributed by atoms with Crippen LogP contribution in [0, 0.1) is 6.92 Å². The van der Waals surface area contributed by atoms with E-state index in [0.29, 0.717) is 11.1 Å². The summed E-state index contributed by atoms with van der Waals surface area (Å²) >= 11 is 17.8. The number of aryl methyl sites for hydroxylation is 1. The average Bonchev–Trinajstić information content (AvgIpc) is 2.54. The van der Waals surface area contributed by atoms with Crippen LogP contribution in [0.1, 0.15) is 21.5 Å². The Balaban J connectivity index is 2.23. The number of alkyl halides is 3. The minimum absolute atomic E-state index is 0.163. The summed E-state index contributed by atoms with van der Waals surface area (Å²) in [5.41, 5.74) is 8.09. The molecule has 0 aromatic heterocycles. The molecule has 7 heteroatoms. The van der Waals surface area contributed by atoms with E-state index in [4.69, 9.17) is 40.5 Å². The maximum absolute atomic E-state index is 12.3. The largest absolute Gasteiger partial charge is 0.383 e. The van der Waals surface area contributed by atoms with Gasteiger partial charge in [0.05, 0.1) is 0 Å².